The molecule has 0 spiro atoms. The summed E-state index contributed by atoms with van der Waals surface area (Å²) < 4.78 is 12.9. The fourth-order valence-corrected chi connectivity index (χ4v) is 1.23. The molecule has 1 aromatic heterocycles. The van der Waals surface area contributed by atoms with Crippen LogP contribution in [0.15, 0.2) is 42.6 Å². The van der Waals surface area contributed by atoms with Crippen molar-refractivity contribution >= 4 is 29.6 Å². The van der Waals surface area contributed by atoms with Gasteiger partial charge < -0.3 is 11.1 Å². The van der Waals surface area contributed by atoms with Crippen molar-refractivity contribution in [3.8, 4) is 0 Å². The minimum Gasteiger partial charge on any atom is -0.396 e. The maximum absolute atomic E-state index is 12.9. The van der Waals surface area contributed by atoms with E-state index in [1.807, 2.05) is 0 Å². The van der Waals surface area contributed by atoms with Crippen LogP contribution in [0.5, 0.6) is 0 Å². The molecule has 1 aromatic carbocycles. The number of aromatic nitrogens is 1. The number of hydrogen-bond donors (Lipinski definition) is 2. The summed E-state index contributed by atoms with van der Waals surface area (Å²) >= 11 is 0. The first-order valence-electron chi connectivity index (χ1n) is 4.49. The number of benzene rings is 1. The van der Waals surface area contributed by atoms with Gasteiger partial charge in [-0.3, -0.25) is 0 Å². The summed E-state index contributed by atoms with van der Waals surface area (Å²) in [7, 11) is 0. The maximum atomic E-state index is 12.9. The topological polar surface area (TPSA) is 50.9 Å². The van der Waals surface area contributed by atoms with Gasteiger partial charge in [-0.05, 0) is 30.3 Å². The zero-order chi connectivity index (χ0) is 10.7. The normalized spacial score (nSPS) is 9.31. The molecule has 3 nitrogen and oxygen atoms in total. The van der Waals surface area contributed by atoms with E-state index in [-0.39, 0.29) is 18.2 Å². The third kappa shape index (κ3) is 2.84. The summed E-state index contributed by atoms with van der Waals surface area (Å²) in [6.07, 6.45) is 1.62. The van der Waals surface area contributed by atoms with Crippen LogP contribution in [0.4, 0.5) is 21.6 Å². The Morgan fingerprint density at radius 1 is 1.19 bits per heavy atom. The first-order chi connectivity index (χ1) is 7.25. The highest BCUT2D eigenvalue weighted by atomic mass is 35.5. The van der Waals surface area contributed by atoms with E-state index >= 15 is 0 Å². The van der Waals surface area contributed by atoms with Crippen LogP contribution >= 0.6 is 12.4 Å². The van der Waals surface area contributed by atoms with E-state index < -0.39 is 0 Å². The van der Waals surface area contributed by atoms with Gasteiger partial charge in [0.25, 0.3) is 0 Å². The molecule has 3 N–H and O–H groups in total. The lowest BCUT2D eigenvalue weighted by Crippen LogP contribution is -1.98. The van der Waals surface area contributed by atoms with Gasteiger partial charge in [-0.1, -0.05) is 6.07 Å². The molecule has 2 rings (SSSR count). The first kappa shape index (κ1) is 12.3. The molecule has 0 atom stereocenters. The summed E-state index contributed by atoms with van der Waals surface area (Å²) in [6, 6.07) is 9.61. The van der Waals surface area contributed by atoms with Gasteiger partial charge in [-0.25, -0.2) is 9.37 Å². The summed E-state index contributed by atoms with van der Waals surface area (Å²) in [4.78, 5) is 4.04. The molecule has 0 aliphatic rings. The molecule has 0 saturated heterocycles. The second-order valence-corrected chi connectivity index (χ2v) is 3.08. The first-order valence-corrected chi connectivity index (χ1v) is 4.49. The number of nitrogens with one attached hydrogen (secondary N) is 1. The molecule has 0 saturated carbocycles. The van der Waals surface area contributed by atoms with Crippen LogP contribution in [-0.2, 0) is 0 Å². The van der Waals surface area contributed by atoms with Crippen molar-refractivity contribution in [1.82, 2.24) is 4.98 Å². The lowest BCUT2D eigenvalue weighted by atomic mass is 10.3. The maximum Gasteiger partial charge on any atom is 0.153 e. The largest absolute Gasteiger partial charge is 0.396 e. The zero-order valence-electron chi connectivity index (χ0n) is 8.35. The minimum absolute atomic E-state index is 0. The monoisotopic (exact) mass is 239 g/mol. The molecule has 1 heterocycles. The van der Waals surface area contributed by atoms with E-state index in [1.54, 1.807) is 30.5 Å². The van der Waals surface area contributed by atoms with Crippen LogP contribution in [0.2, 0.25) is 0 Å². The van der Waals surface area contributed by atoms with Gasteiger partial charge in [-0.2, -0.15) is 0 Å². The van der Waals surface area contributed by atoms with E-state index in [1.165, 1.54) is 12.1 Å². The third-order valence-corrected chi connectivity index (χ3v) is 1.93. The van der Waals surface area contributed by atoms with Crippen LogP contribution in [0.3, 0.4) is 0 Å². The number of nitrogens with zero attached hydrogens (tertiary/aromatic N) is 1. The van der Waals surface area contributed by atoms with Crippen molar-refractivity contribution in [2.24, 2.45) is 0 Å². The second kappa shape index (κ2) is 5.32. The highest BCUT2D eigenvalue weighted by Crippen LogP contribution is 2.19. The van der Waals surface area contributed by atoms with E-state index in [2.05, 4.69) is 10.3 Å². The van der Waals surface area contributed by atoms with Gasteiger partial charge in [0.15, 0.2) is 5.82 Å². The Morgan fingerprint density at radius 2 is 2.00 bits per heavy atom. The predicted octanol–water partition coefficient (Wildman–Crippen LogP) is 2.97. The molecule has 0 unspecified atom stereocenters. The Kier molecular flexibility index (Phi) is 4.08. The zero-order valence-corrected chi connectivity index (χ0v) is 9.17. The highest BCUT2D eigenvalue weighted by molar-refractivity contribution is 5.85. The van der Waals surface area contributed by atoms with Gasteiger partial charge in [0.2, 0.25) is 0 Å². The van der Waals surface area contributed by atoms with E-state index in [9.17, 15) is 4.39 Å². The molecule has 0 amide bonds. The van der Waals surface area contributed by atoms with Crippen LogP contribution < -0.4 is 11.1 Å². The third-order valence-electron chi connectivity index (χ3n) is 1.93. The second-order valence-electron chi connectivity index (χ2n) is 3.08. The molecule has 0 aliphatic heterocycles. The quantitative estimate of drug-likeness (QED) is 0.847. The standard InChI is InChI=1S/C11H10FN3.ClH/c12-8-3-1-4-9(7-8)15-11-10(13)5-2-6-14-11;/h1-7H,13H2,(H,14,15);1H. The average Bonchev–Trinajstić information content (AvgIpc) is 2.22. The van der Waals surface area contributed by atoms with E-state index in [0.29, 0.717) is 17.2 Å². The lowest BCUT2D eigenvalue weighted by molar-refractivity contribution is 0.628. The Labute approximate surface area is 98.9 Å². The van der Waals surface area contributed by atoms with Crippen molar-refractivity contribution in [1.29, 1.82) is 0 Å². The van der Waals surface area contributed by atoms with Crippen LogP contribution in [0.25, 0.3) is 0 Å². The fourth-order valence-electron chi connectivity index (χ4n) is 1.23. The van der Waals surface area contributed by atoms with Crippen molar-refractivity contribution < 1.29 is 4.39 Å². The Bertz CT molecular complexity index is 476. The number of pyridine rings is 1. The van der Waals surface area contributed by atoms with E-state index in [0.717, 1.165) is 0 Å². The molecule has 2 aromatic rings. The Balaban J connectivity index is 0.00000128. The average molecular weight is 240 g/mol. The Hall–Kier alpha value is -1.81. The van der Waals surface area contributed by atoms with Crippen LogP contribution in [-0.4, -0.2) is 4.98 Å². The predicted molar refractivity (Wildman–Crippen MR) is 65.6 cm³/mol. The van der Waals surface area contributed by atoms with E-state index in [4.69, 9.17) is 5.73 Å². The number of nitrogens with two attached hydrogens (primary N) is 1. The van der Waals surface area contributed by atoms with Crippen LogP contribution in [0.1, 0.15) is 0 Å². The molecular weight excluding hydrogens is 229 g/mol. The highest BCUT2D eigenvalue weighted by Gasteiger charge is 2.00. The molecule has 16 heavy (non-hydrogen) atoms. The molecule has 0 bridgehead atoms. The van der Waals surface area contributed by atoms with Gasteiger partial charge in [0.1, 0.15) is 5.82 Å². The van der Waals surface area contributed by atoms with Crippen molar-refractivity contribution in [2.45, 2.75) is 0 Å². The minimum atomic E-state index is -0.297. The smallest absolute Gasteiger partial charge is 0.153 e. The molecule has 0 aliphatic carbocycles. The van der Waals surface area contributed by atoms with Crippen molar-refractivity contribution in [3.05, 3.63) is 48.4 Å². The molecule has 5 heteroatoms. The van der Waals surface area contributed by atoms with Gasteiger partial charge >= 0.3 is 0 Å². The van der Waals surface area contributed by atoms with Gasteiger partial charge in [-0.15, -0.1) is 12.4 Å². The van der Waals surface area contributed by atoms with Gasteiger partial charge in [0.05, 0.1) is 5.69 Å². The molecule has 0 fully saturated rings. The summed E-state index contributed by atoms with van der Waals surface area (Å²) in [5.41, 5.74) is 6.84. The fraction of sp³-hybridized carbons (Fsp3) is 0. The van der Waals surface area contributed by atoms with Crippen LogP contribution in [0, 0.1) is 5.82 Å². The number of hydrogen-bond acceptors (Lipinski definition) is 3. The van der Waals surface area contributed by atoms with Crippen molar-refractivity contribution in [3.63, 3.8) is 0 Å². The number of anilines is 3. The summed E-state index contributed by atoms with van der Waals surface area (Å²) in [5, 5.41) is 2.94. The van der Waals surface area contributed by atoms with Gasteiger partial charge in [0, 0.05) is 11.9 Å². The molecule has 0 radical (unpaired) electrons. The van der Waals surface area contributed by atoms with Crippen molar-refractivity contribution in [2.75, 3.05) is 11.1 Å². The SMILES string of the molecule is Cl.Nc1cccnc1Nc1cccc(F)c1. The Morgan fingerprint density at radius 3 is 2.69 bits per heavy atom. The lowest BCUT2D eigenvalue weighted by Gasteiger charge is -2.07. The number of rotatable bonds is 2. The number of nitrogen functional groups attached to an aromatic ring is 1. The molecule has 84 valence electrons. The molecular formula is C11H11ClFN3. The number of halogens is 2. The summed E-state index contributed by atoms with van der Waals surface area (Å²) in [6.45, 7) is 0. The summed E-state index contributed by atoms with van der Waals surface area (Å²) in [5.74, 6) is 0.234.